The van der Waals surface area contributed by atoms with E-state index in [4.69, 9.17) is 0 Å². The summed E-state index contributed by atoms with van der Waals surface area (Å²) < 4.78 is 38.8. The van der Waals surface area contributed by atoms with E-state index in [9.17, 15) is 13.2 Å². The van der Waals surface area contributed by atoms with E-state index in [1.165, 1.54) is 18.2 Å². The fourth-order valence-corrected chi connectivity index (χ4v) is 1.26. The third kappa shape index (κ3) is 1.16. The molecule has 0 fully saturated rings. The van der Waals surface area contributed by atoms with Crippen molar-refractivity contribution in [1.29, 1.82) is 0 Å². The molecular formula is C10H5F3. The molecule has 0 amide bonds. The van der Waals surface area contributed by atoms with Gasteiger partial charge in [0.1, 0.15) is 5.82 Å². The molecular weight excluding hydrogens is 177 g/mol. The number of hydrogen-bond donors (Lipinski definition) is 0. The van der Waals surface area contributed by atoms with Gasteiger partial charge in [-0.15, -0.1) is 0 Å². The first-order valence-electron chi connectivity index (χ1n) is 3.72. The summed E-state index contributed by atoms with van der Waals surface area (Å²) in [5, 5.41) is 0.0707. The molecule has 2 rings (SSSR count). The lowest BCUT2D eigenvalue weighted by atomic mass is 10.1. The highest BCUT2D eigenvalue weighted by atomic mass is 19.2. The third-order valence-corrected chi connectivity index (χ3v) is 1.88. The molecule has 0 aliphatic carbocycles. The number of hydrogen-bond acceptors (Lipinski definition) is 0. The summed E-state index contributed by atoms with van der Waals surface area (Å²) in [6, 6.07) is 6.41. The Morgan fingerprint density at radius 2 is 1.38 bits per heavy atom. The molecule has 0 nitrogen and oxygen atoms in total. The Morgan fingerprint density at radius 3 is 2.08 bits per heavy atom. The molecule has 3 heteroatoms. The van der Waals surface area contributed by atoms with Crippen molar-refractivity contribution in [3.8, 4) is 0 Å². The molecule has 0 spiro atoms. The summed E-state index contributed by atoms with van der Waals surface area (Å²) in [6.07, 6.45) is 0. The molecule has 0 aromatic heterocycles. The van der Waals surface area contributed by atoms with Gasteiger partial charge in [0.05, 0.1) is 0 Å². The molecule has 0 saturated heterocycles. The van der Waals surface area contributed by atoms with Gasteiger partial charge in [0.2, 0.25) is 0 Å². The van der Waals surface area contributed by atoms with Gasteiger partial charge in [-0.25, -0.2) is 13.2 Å². The van der Waals surface area contributed by atoms with Gasteiger partial charge < -0.3 is 0 Å². The van der Waals surface area contributed by atoms with Crippen molar-refractivity contribution in [2.45, 2.75) is 0 Å². The number of halogens is 3. The summed E-state index contributed by atoms with van der Waals surface area (Å²) in [4.78, 5) is 0. The van der Waals surface area contributed by atoms with Crippen LogP contribution in [0.25, 0.3) is 10.8 Å². The number of benzene rings is 2. The molecule has 0 unspecified atom stereocenters. The van der Waals surface area contributed by atoms with Crippen molar-refractivity contribution in [2.24, 2.45) is 0 Å². The molecule has 0 bridgehead atoms. The molecule has 0 aliphatic heterocycles. The SMILES string of the molecule is Fc1cc(F)c2ccccc2c1F. The van der Waals surface area contributed by atoms with E-state index >= 15 is 0 Å². The highest BCUT2D eigenvalue weighted by molar-refractivity contribution is 5.83. The molecule has 13 heavy (non-hydrogen) atoms. The van der Waals surface area contributed by atoms with Crippen LogP contribution in [0, 0.1) is 17.5 Å². The van der Waals surface area contributed by atoms with Crippen molar-refractivity contribution < 1.29 is 13.2 Å². The van der Waals surface area contributed by atoms with Crippen molar-refractivity contribution in [2.75, 3.05) is 0 Å². The van der Waals surface area contributed by atoms with E-state index in [-0.39, 0.29) is 10.8 Å². The standard InChI is InChI=1S/C10H5F3/c11-8-5-9(12)10(13)7-4-2-1-3-6(7)8/h1-5H. The van der Waals surface area contributed by atoms with E-state index < -0.39 is 17.5 Å². The van der Waals surface area contributed by atoms with Crippen molar-refractivity contribution >= 4 is 10.8 Å². The molecule has 0 N–H and O–H groups in total. The second-order valence-electron chi connectivity index (χ2n) is 2.70. The maximum Gasteiger partial charge on any atom is 0.166 e. The van der Waals surface area contributed by atoms with Crippen LogP contribution >= 0.6 is 0 Å². The first-order chi connectivity index (χ1) is 6.20. The Kier molecular flexibility index (Phi) is 1.72. The van der Waals surface area contributed by atoms with Crippen LogP contribution in [0.5, 0.6) is 0 Å². The van der Waals surface area contributed by atoms with Crippen molar-refractivity contribution in [3.05, 3.63) is 47.8 Å². The topological polar surface area (TPSA) is 0 Å². The van der Waals surface area contributed by atoms with Gasteiger partial charge in [-0.05, 0) is 0 Å². The van der Waals surface area contributed by atoms with Crippen LogP contribution in [0.3, 0.4) is 0 Å². The highest BCUT2D eigenvalue weighted by Crippen LogP contribution is 2.22. The molecule has 66 valence electrons. The molecule has 0 heterocycles. The Balaban J connectivity index is 2.97. The minimum atomic E-state index is -1.16. The lowest BCUT2D eigenvalue weighted by Gasteiger charge is -2.00. The average molecular weight is 182 g/mol. The molecule has 2 aromatic rings. The quantitative estimate of drug-likeness (QED) is 0.548. The fourth-order valence-electron chi connectivity index (χ4n) is 1.26. The molecule has 0 atom stereocenters. The second-order valence-corrected chi connectivity index (χ2v) is 2.70. The van der Waals surface area contributed by atoms with Crippen LogP contribution in [-0.2, 0) is 0 Å². The second kappa shape index (κ2) is 2.76. The van der Waals surface area contributed by atoms with E-state index in [2.05, 4.69) is 0 Å². The lowest BCUT2D eigenvalue weighted by Crippen LogP contribution is -1.89. The average Bonchev–Trinajstić information content (AvgIpc) is 2.15. The summed E-state index contributed by atoms with van der Waals surface area (Å²) >= 11 is 0. The van der Waals surface area contributed by atoms with Crippen LogP contribution in [0.4, 0.5) is 13.2 Å². The van der Waals surface area contributed by atoms with Crippen LogP contribution in [-0.4, -0.2) is 0 Å². The van der Waals surface area contributed by atoms with Gasteiger partial charge >= 0.3 is 0 Å². The van der Waals surface area contributed by atoms with E-state index in [0.717, 1.165) is 0 Å². The number of rotatable bonds is 0. The van der Waals surface area contributed by atoms with Gasteiger partial charge in [0.25, 0.3) is 0 Å². The molecule has 0 saturated carbocycles. The monoisotopic (exact) mass is 182 g/mol. The van der Waals surface area contributed by atoms with Crippen LogP contribution in [0.15, 0.2) is 30.3 Å². The fraction of sp³-hybridized carbons (Fsp3) is 0. The Bertz CT molecular complexity index is 463. The van der Waals surface area contributed by atoms with Crippen LogP contribution < -0.4 is 0 Å². The van der Waals surface area contributed by atoms with E-state index in [1.54, 1.807) is 6.07 Å². The molecule has 0 aliphatic rings. The summed E-state index contributed by atoms with van der Waals surface area (Å²) in [7, 11) is 0. The van der Waals surface area contributed by atoms with Gasteiger partial charge in [-0.1, -0.05) is 24.3 Å². The minimum Gasteiger partial charge on any atom is -0.206 e. The van der Waals surface area contributed by atoms with Crippen LogP contribution in [0.1, 0.15) is 0 Å². The zero-order valence-electron chi connectivity index (χ0n) is 6.52. The van der Waals surface area contributed by atoms with Crippen molar-refractivity contribution in [3.63, 3.8) is 0 Å². The predicted octanol–water partition coefficient (Wildman–Crippen LogP) is 3.26. The Hall–Kier alpha value is -1.51. The smallest absolute Gasteiger partial charge is 0.166 e. The summed E-state index contributed by atoms with van der Waals surface area (Å²) in [5.41, 5.74) is 0. The van der Waals surface area contributed by atoms with Gasteiger partial charge in [0, 0.05) is 16.8 Å². The minimum absolute atomic E-state index is 0.0278. The molecule has 0 radical (unpaired) electrons. The normalized spacial score (nSPS) is 10.7. The summed E-state index contributed by atoms with van der Waals surface area (Å²) in [6.45, 7) is 0. The first kappa shape index (κ1) is 8.10. The largest absolute Gasteiger partial charge is 0.206 e. The summed E-state index contributed by atoms with van der Waals surface area (Å²) in [5.74, 6) is -2.90. The maximum absolute atomic E-state index is 13.0. The van der Waals surface area contributed by atoms with E-state index in [1.807, 2.05) is 0 Å². The van der Waals surface area contributed by atoms with Gasteiger partial charge in [-0.3, -0.25) is 0 Å². The van der Waals surface area contributed by atoms with Gasteiger partial charge in [-0.2, -0.15) is 0 Å². The third-order valence-electron chi connectivity index (χ3n) is 1.88. The zero-order valence-corrected chi connectivity index (χ0v) is 6.52. The zero-order chi connectivity index (χ0) is 9.42. The Morgan fingerprint density at radius 1 is 0.769 bits per heavy atom. The Labute approximate surface area is 72.6 Å². The first-order valence-corrected chi connectivity index (χ1v) is 3.72. The maximum atomic E-state index is 13.0. The van der Waals surface area contributed by atoms with E-state index in [0.29, 0.717) is 6.07 Å². The predicted molar refractivity (Wildman–Crippen MR) is 43.8 cm³/mol. The van der Waals surface area contributed by atoms with Gasteiger partial charge in [0.15, 0.2) is 11.6 Å². The van der Waals surface area contributed by atoms with Crippen LogP contribution in [0.2, 0.25) is 0 Å². The highest BCUT2D eigenvalue weighted by Gasteiger charge is 2.10. The lowest BCUT2D eigenvalue weighted by molar-refractivity contribution is 0.506. The molecule has 2 aromatic carbocycles. The number of fused-ring (bicyclic) bond motifs is 1. The van der Waals surface area contributed by atoms with Crippen molar-refractivity contribution in [1.82, 2.24) is 0 Å².